The highest BCUT2D eigenvalue weighted by molar-refractivity contribution is 9.10. The van der Waals surface area contributed by atoms with Crippen molar-refractivity contribution in [3.05, 3.63) is 52.5 Å². The van der Waals surface area contributed by atoms with Gasteiger partial charge in [-0.2, -0.15) is 0 Å². The molecule has 1 aromatic heterocycles. The highest BCUT2D eigenvalue weighted by Gasteiger charge is 2.23. The van der Waals surface area contributed by atoms with E-state index in [-0.39, 0.29) is 12.0 Å². The lowest BCUT2D eigenvalue weighted by molar-refractivity contribution is -0.133. The molecule has 1 amide bonds. The molecule has 2 aromatic rings. The minimum absolute atomic E-state index is 0.184. The van der Waals surface area contributed by atoms with E-state index < -0.39 is 0 Å². The first-order valence-electron chi connectivity index (χ1n) is 7.82. The monoisotopic (exact) mass is 377 g/mol. The van der Waals surface area contributed by atoms with Crippen LogP contribution in [-0.2, 0) is 22.6 Å². The number of likely N-dealkylation sites (tertiary alicyclic amines) is 1. The fourth-order valence-corrected chi connectivity index (χ4v) is 3.18. The number of aromatic nitrogens is 2. The fourth-order valence-electron chi connectivity index (χ4n) is 2.76. The van der Waals surface area contributed by atoms with Crippen LogP contribution in [0, 0.1) is 0 Å². The molecule has 6 heteroatoms. The van der Waals surface area contributed by atoms with Gasteiger partial charge in [-0.05, 0) is 24.5 Å². The van der Waals surface area contributed by atoms with Crippen molar-refractivity contribution in [3.63, 3.8) is 0 Å². The summed E-state index contributed by atoms with van der Waals surface area (Å²) in [4.78, 5) is 21.4. The lowest BCUT2D eigenvalue weighted by atomic mass is 10.1. The Morgan fingerprint density at radius 2 is 2.13 bits per heavy atom. The molecule has 23 heavy (non-hydrogen) atoms. The summed E-state index contributed by atoms with van der Waals surface area (Å²) in [6, 6.07) is 7.88. The van der Waals surface area contributed by atoms with Crippen molar-refractivity contribution in [2.45, 2.75) is 32.0 Å². The summed E-state index contributed by atoms with van der Waals surface area (Å²) in [5.74, 6) is 0.184. The average Bonchev–Trinajstić information content (AvgIpc) is 3.09. The third-order valence-electron chi connectivity index (χ3n) is 4.12. The van der Waals surface area contributed by atoms with Crippen molar-refractivity contribution in [2.75, 3.05) is 13.1 Å². The third-order valence-corrected chi connectivity index (χ3v) is 4.90. The summed E-state index contributed by atoms with van der Waals surface area (Å²) in [5.41, 5.74) is 2.02. The molecule has 0 atom stereocenters. The second-order valence-electron chi connectivity index (χ2n) is 5.74. The van der Waals surface area contributed by atoms with Gasteiger partial charge in [-0.1, -0.05) is 34.1 Å². The molecule has 0 aliphatic carbocycles. The molecule has 5 nitrogen and oxygen atoms in total. The van der Waals surface area contributed by atoms with Crippen LogP contribution in [-0.4, -0.2) is 40.0 Å². The van der Waals surface area contributed by atoms with Crippen LogP contribution in [0.25, 0.3) is 0 Å². The SMILES string of the molecule is O=C(Cc1ccccc1Br)N1CCC(OCc2cnc[nH]2)CC1. The summed E-state index contributed by atoms with van der Waals surface area (Å²) >= 11 is 3.50. The summed E-state index contributed by atoms with van der Waals surface area (Å²) in [7, 11) is 0. The van der Waals surface area contributed by atoms with E-state index in [0.29, 0.717) is 13.0 Å². The fraction of sp³-hybridized carbons (Fsp3) is 0.412. The van der Waals surface area contributed by atoms with E-state index in [2.05, 4.69) is 25.9 Å². The molecule has 0 radical (unpaired) electrons. The molecule has 122 valence electrons. The van der Waals surface area contributed by atoms with Crippen molar-refractivity contribution in [1.82, 2.24) is 14.9 Å². The molecular formula is C17H20BrN3O2. The Kier molecular flexibility index (Phi) is 5.46. The molecule has 1 aliphatic rings. The molecule has 1 aliphatic heterocycles. The van der Waals surface area contributed by atoms with Crippen LogP contribution in [0.3, 0.4) is 0 Å². The van der Waals surface area contributed by atoms with Gasteiger partial charge in [-0.25, -0.2) is 4.98 Å². The Bertz CT molecular complexity index is 637. The number of amides is 1. The van der Waals surface area contributed by atoms with Gasteiger partial charge in [0, 0.05) is 17.6 Å². The van der Waals surface area contributed by atoms with Crippen molar-refractivity contribution < 1.29 is 9.53 Å². The van der Waals surface area contributed by atoms with E-state index >= 15 is 0 Å². The molecule has 3 rings (SSSR count). The standard InChI is InChI=1S/C17H20BrN3O2/c18-16-4-2-1-3-13(16)9-17(22)21-7-5-15(6-8-21)23-11-14-10-19-12-20-14/h1-4,10,12,15H,5-9,11H2,(H,19,20). The Hall–Kier alpha value is -1.66. The second kappa shape index (κ2) is 7.75. The highest BCUT2D eigenvalue weighted by Crippen LogP contribution is 2.19. The molecule has 1 N–H and O–H groups in total. The van der Waals surface area contributed by atoms with E-state index in [4.69, 9.17) is 4.74 Å². The zero-order valence-electron chi connectivity index (χ0n) is 12.9. The Morgan fingerprint density at radius 3 is 2.83 bits per heavy atom. The average molecular weight is 378 g/mol. The smallest absolute Gasteiger partial charge is 0.227 e. The summed E-state index contributed by atoms with van der Waals surface area (Å²) in [6.45, 7) is 2.07. The van der Waals surface area contributed by atoms with Gasteiger partial charge in [-0.15, -0.1) is 0 Å². The number of halogens is 1. The van der Waals surface area contributed by atoms with Crippen molar-refractivity contribution in [2.24, 2.45) is 0 Å². The third kappa shape index (κ3) is 4.42. The molecule has 0 spiro atoms. The van der Waals surface area contributed by atoms with Crippen LogP contribution in [0.1, 0.15) is 24.1 Å². The molecule has 0 saturated carbocycles. The number of piperidine rings is 1. The molecule has 1 fully saturated rings. The number of aromatic amines is 1. The largest absolute Gasteiger partial charge is 0.372 e. The van der Waals surface area contributed by atoms with Gasteiger partial charge in [-0.3, -0.25) is 4.79 Å². The second-order valence-corrected chi connectivity index (χ2v) is 6.59. The maximum atomic E-state index is 12.4. The number of carbonyl (C=O) groups is 1. The number of benzene rings is 1. The van der Waals surface area contributed by atoms with Crippen LogP contribution in [0.15, 0.2) is 41.3 Å². The van der Waals surface area contributed by atoms with Gasteiger partial charge >= 0.3 is 0 Å². The first-order chi connectivity index (χ1) is 11.2. The number of rotatable bonds is 5. The Labute approximate surface area is 144 Å². The number of hydrogen-bond acceptors (Lipinski definition) is 3. The lowest BCUT2D eigenvalue weighted by Crippen LogP contribution is -2.41. The Balaban J connectivity index is 1.45. The van der Waals surface area contributed by atoms with Crippen LogP contribution in [0.5, 0.6) is 0 Å². The molecule has 2 heterocycles. The number of H-pyrrole nitrogens is 1. The number of ether oxygens (including phenoxy) is 1. The number of carbonyl (C=O) groups excluding carboxylic acids is 1. The zero-order valence-corrected chi connectivity index (χ0v) is 14.5. The number of hydrogen-bond donors (Lipinski definition) is 1. The number of nitrogens with one attached hydrogen (secondary N) is 1. The zero-order chi connectivity index (χ0) is 16.1. The van der Waals surface area contributed by atoms with E-state index in [1.54, 1.807) is 12.5 Å². The highest BCUT2D eigenvalue weighted by atomic mass is 79.9. The summed E-state index contributed by atoms with van der Waals surface area (Å²) in [6.07, 6.45) is 5.86. The summed E-state index contributed by atoms with van der Waals surface area (Å²) < 4.78 is 6.87. The first-order valence-corrected chi connectivity index (χ1v) is 8.61. The molecule has 0 bridgehead atoms. The van der Waals surface area contributed by atoms with Gasteiger partial charge in [0.1, 0.15) is 0 Å². The van der Waals surface area contributed by atoms with E-state index in [9.17, 15) is 4.79 Å². The maximum Gasteiger partial charge on any atom is 0.227 e. The minimum Gasteiger partial charge on any atom is -0.372 e. The van der Waals surface area contributed by atoms with Gasteiger partial charge in [0.15, 0.2) is 0 Å². The van der Waals surface area contributed by atoms with Gasteiger partial charge in [0.2, 0.25) is 5.91 Å². The maximum absolute atomic E-state index is 12.4. The van der Waals surface area contributed by atoms with Crippen molar-refractivity contribution in [3.8, 4) is 0 Å². The van der Waals surface area contributed by atoms with E-state index in [1.165, 1.54) is 0 Å². The van der Waals surface area contributed by atoms with Gasteiger partial charge in [0.25, 0.3) is 0 Å². The van der Waals surface area contributed by atoms with Crippen LogP contribution < -0.4 is 0 Å². The van der Waals surface area contributed by atoms with E-state index in [0.717, 1.165) is 41.7 Å². The summed E-state index contributed by atoms with van der Waals surface area (Å²) in [5, 5.41) is 0. The molecule has 0 unspecified atom stereocenters. The predicted molar refractivity (Wildman–Crippen MR) is 90.8 cm³/mol. The minimum atomic E-state index is 0.184. The van der Waals surface area contributed by atoms with Crippen LogP contribution in [0.4, 0.5) is 0 Å². The Morgan fingerprint density at radius 1 is 1.35 bits per heavy atom. The predicted octanol–water partition coefficient (Wildman–Crippen LogP) is 2.92. The lowest BCUT2D eigenvalue weighted by Gasteiger charge is -2.32. The molecule has 1 saturated heterocycles. The van der Waals surface area contributed by atoms with Crippen LogP contribution >= 0.6 is 15.9 Å². The topological polar surface area (TPSA) is 58.2 Å². The first kappa shape index (κ1) is 16.2. The van der Waals surface area contributed by atoms with Crippen LogP contribution in [0.2, 0.25) is 0 Å². The van der Waals surface area contributed by atoms with Gasteiger partial charge in [0.05, 0.1) is 37.3 Å². The number of imidazole rings is 1. The molecule has 1 aromatic carbocycles. The normalized spacial score (nSPS) is 15.8. The van der Waals surface area contributed by atoms with Crippen molar-refractivity contribution >= 4 is 21.8 Å². The van der Waals surface area contributed by atoms with Gasteiger partial charge < -0.3 is 14.6 Å². The number of nitrogens with zero attached hydrogens (tertiary/aromatic N) is 2. The molecular weight excluding hydrogens is 358 g/mol. The van der Waals surface area contributed by atoms with Crippen molar-refractivity contribution in [1.29, 1.82) is 0 Å². The quantitative estimate of drug-likeness (QED) is 0.871. The van der Waals surface area contributed by atoms with E-state index in [1.807, 2.05) is 29.2 Å².